The van der Waals surface area contributed by atoms with Gasteiger partial charge in [-0.2, -0.15) is 0 Å². The molecule has 3 aromatic rings. The molecule has 200 valence electrons. The lowest BCUT2D eigenvalue weighted by atomic mass is 10.2. The fourth-order valence-corrected chi connectivity index (χ4v) is 5.15. The Labute approximate surface area is 223 Å². The highest BCUT2D eigenvalue weighted by Gasteiger charge is 2.23. The van der Waals surface area contributed by atoms with E-state index in [9.17, 15) is 9.59 Å². The number of carbonyl (C=O) groups is 1. The number of piperazine rings is 1. The second-order valence-corrected chi connectivity index (χ2v) is 9.96. The van der Waals surface area contributed by atoms with Gasteiger partial charge in [-0.3, -0.25) is 24.4 Å². The maximum Gasteiger partial charge on any atom is 0.253 e. The molecule has 2 aliphatic rings. The first-order valence-electron chi connectivity index (χ1n) is 13.3. The molecule has 5 rings (SSSR count). The Morgan fingerprint density at radius 1 is 0.868 bits per heavy atom. The van der Waals surface area contributed by atoms with Crippen LogP contribution in [0, 0.1) is 0 Å². The standard InChI is InChI=1S/C29H36N6O3/c1-38-26-10-8-24(9-11-26)28(37)34-12-5-13-35(19-18-34)29-30-25(20-27(36)31-29)22-33-16-14-32(15-17-33)21-23-6-3-2-4-7-23/h2-4,6-11,20H,5,12-19,21-22H2,1H3,(H,30,31,36). The number of carbonyl (C=O) groups excluding carboxylic acids is 1. The number of rotatable bonds is 7. The van der Waals surface area contributed by atoms with Gasteiger partial charge in [-0.15, -0.1) is 0 Å². The van der Waals surface area contributed by atoms with Crippen LogP contribution in [0.15, 0.2) is 65.5 Å². The summed E-state index contributed by atoms with van der Waals surface area (Å²) in [6.45, 7) is 8.10. The highest BCUT2D eigenvalue weighted by Crippen LogP contribution is 2.17. The molecule has 1 N–H and O–H groups in total. The van der Waals surface area contributed by atoms with E-state index in [4.69, 9.17) is 9.72 Å². The zero-order valence-corrected chi connectivity index (χ0v) is 22.0. The molecule has 0 bridgehead atoms. The topological polar surface area (TPSA) is 85.0 Å². The summed E-state index contributed by atoms with van der Waals surface area (Å²) in [6, 6.07) is 19.4. The third-order valence-corrected chi connectivity index (χ3v) is 7.30. The predicted octanol–water partition coefficient (Wildman–Crippen LogP) is 2.45. The summed E-state index contributed by atoms with van der Waals surface area (Å²) in [5.41, 5.74) is 2.64. The molecule has 1 aromatic heterocycles. The summed E-state index contributed by atoms with van der Waals surface area (Å²) in [5, 5.41) is 0. The van der Waals surface area contributed by atoms with Crippen molar-refractivity contribution in [1.82, 2.24) is 24.7 Å². The third kappa shape index (κ3) is 6.59. The molecule has 0 radical (unpaired) electrons. The minimum Gasteiger partial charge on any atom is -0.497 e. The lowest BCUT2D eigenvalue weighted by Gasteiger charge is -2.34. The summed E-state index contributed by atoms with van der Waals surface area (Å²) in [7, 11) is 1.61. The van der Waals surface area contributed by atoms with Crippen LogP contribution < -0.4 is 15.2 Å². The van der Waals surface area contributed by atoms with Crippen LogP contribution in [0.3, 0.4) is 0 Å². The smallest absolute Gasteiger partial charge is 0.253 e. The molecule has 38 heavy (non-hydrogen) atoms. The van der Waals surface area contributed by atoms with Crippen LogP contribution in [0.2, 0.25) is 0 Å². The first-order valence-corrected chi connectivity index (χ1v) is 13.3. The molecule has 0 saturated carbocycles. The highest BCUT2D eigenvalue weighted by atomic mass is 16.5. The average Bonchev–Trinajstić information content (AvgIpc) is 3.21. The average molecular weight is 517 g/mol. The molecular weight excluding hydrogens is 480 g/mol. The molecule has 9 nitrogen and oxygen atoms in total. The summed E-state index contributed by atoms with van der Waals surface area (Å²) in [5.74, 6) is 1.33. The molecule has 9 heteroatoms. The minimum atomic E-state index is -0.136. The highest BCUT2D eigenvalue weighted by molar-refractivity contribution is 5.94. The van der Waals surface area contributed by atoms with Crippen LogP contribution in [-0.2, 0) is 13.1 Å². The molecule has 1 amide bonds. The third-order valence-electron chi connectivity index (χ3n) is 7.30. The molecule has 0 atom stereocenters. The molecule has 2 saturated heterocycles. The second kappa shape index (κ2) is 12.2. The molecule has 0 aliphatic carbocycles. The van der Waals surface area contributed by atoms with Crippen LogP contribution in [0.4, 0.5) is 5.95 Å². The first kappa shape index (κ1) is 25.9. The van der Waals surface area contributed by atoms with Gasteiger partial charge >= 0.3 is 0 Å². The van der Waals surface area contributed by atoms with Crippen LogP contribution in [0.5, 0.6) is 5.75 Å². The lowest BCUT2D eigenvalue weighted by molar-refractivity contribution is 0.0767. The normalized spacial score (nSPS) is 17.3. The van der Waals surface area contributed by atoms with Gasteiger partial charge in [-0.05, 0) is 36.2 Å². The van der Waals surface area contributed by atoms with E-state index in [1.165, 1.54) is 5.56 Å². The number of benzene rings is 2. The number of anilines is 1. The van der Waals surface area contributed by atoms with E-state index >= 15 is 0 Å². The van der Waals surface area contributed by atoms with Crippen molar-refractivity contribution in [1.29, 1.82) is 0 Å². The number of amides is 1. The van der Waals surface area contributed by atoms with Gasteiger partial charge in [0.05, 0.1) is 12.8 Å². The molecule has 0 spiro atoms. The van der Waals surface area contributed by atoms with E-state index in [1.807, 2.05) is 11.0 Å². The van der Waals surface area contributed by atoms with Crippen molar-refractivity contribution in [2.75, 3.05) is 64.4 Å². The molecule has 2 fully saturated rings. The Morgan fingerprint density at radius 2 is 1.58 bits per heavy atom. The number of aromatic nitrogens is 2. The van der Waals surface area contributed by atoms with Crippen LogP contribution in [0.1, 0.15) is 28.0 Å². The summed E-state index contributed by atoms with van der Waals surface area (Å²) < 4.78 is 5.20. The van der Waals surface area contributed by atoms with E-state index < -0.39 is 0 Å². The minimum absolute atomic E-state index is 0.0103. The monoisotopic (exact) mass is 516 g/mol. The largest absolute Gasteiger partial charge is 0.497 e. The van der Waals surface area contributed by atoms with Crippen molar-refractivity contribution in [2.45, 2.75) is 19.5 Å². The summed E-state index contributed by atoms with van der Waals surface area (Å²) in [6.07, 6.45) is 0.805. The number of aromatic amines is 1. The van der Waals surface area contributed by atoms with Gasteiger partial charge in [-0.1, -0.05) is 30.3 Å². The maximum atomic E-state index is 13.0. The van der Waals surface area contributed by atoms with Gasteiger partial charge in [0.2, 0.25) is 5.95 Å². The zero-order valence-electron chi connectivity index (χ0n) is 22.0. The van der Waals surface area contributed by atoms with E-state index in [1.54, 1.807) is 37.4 Å². The fraction of sp³-hybridized carbons (Fsp3) is 0.414. The molecule has 2 aromatic carbocycles. The van der Waals surface area contributed by atoms with Gasteiger partial charge in [0.1, 0.15) is 5.75 Å². The Bertz CT molecular complexity index is 1260. The number of hydrogen-bond acceptors (Lipinski definition) is 7. The zero-order chi connectivity index (χ0) is 26.3. The van der Waals surface area contributed by atoms with Gasteiger partial charge < -0.3 is 14.5 Å². The number of nitrogens with one attached hydrogen (secondary N) is 1. The molecule has 3 heterocycles. The van der Waals surface area contributed by atoms with Crippen LogP contribution in [-0.4, -0.2) is 90.0 Å². The first-order chi connectivity index (χ1) is 18.6. The Balaban J connectivity index is 1.16. The molecule has 0 unspecified atom stereocenters. The molecule has 2 aliphatic heterocycles. The van der Waals surface area contributed by atoms with E-state index in [2.05, 4.69) is 43.9 Å². The van der Waals surface area contributed by atoms with Crippen molar-refractivity contribution in [3.8, 4) is 5.75 Å². The predicted molar refractivity (Wildman–Crippen MR) is 148 cm³/mol. The van der Waals surface area contributed by atoms with Crippen molar-refractivity contribution < 1.29 is 9.53 Å². The summed E-state index contributed by atoms with van der Waals surface area (Å²) >= 11 is 0. The van der Waals surface area contributed by atoms with Crippen LogP contribution >= 0.6 is 0 Å². The van der Waals surface area contributed by atoms with Gasteiger partial charge in [0.15, 0.2) is 0 Å². The molecular formula is C29H36N6O3. The van der Waals surface area contributed by atoms with Gasteiger partial charge in [-0.25, -0.2) is 4.98 Å². The van der Waals surface area contributed by atoms with Gasteiger partial charge in [0, 0.05) is 77.1 Å². The van der Waals surface area contributed by atoms with E-state index in [0.717, 1.165) is 57.1 Å². The quantitative estimate of drug-likeness (QED) is 0.516. The van der Waals surface area contributed by atoms with Gasteiger partial charge in [0.25, 0.3) is 11.5 Å². The Hall–Kier alpha value is -3.69. The fourth-order valence-electron chi connectivity index (χ4n) is 5.15. The van der Waals surface area contributed by atoms with E-state index in [-0.39, 0.29) is 11.5 Å². The van der Waals surface area contributed by atoms with Crippen LogP contribution in [0.25, 0.3) is 0 Å². The lowest BCUT2D eigenvalue weighted by Crippen LogP contribution is -2.45. The number of H-pyrrole nitrogens is 1. The number of methoxy groups -OCH3 is 1. The summed E-state index contributed by atoms with van der Waals surface area (Å²) in [4.78, 5) is 42.1. The number of nitrogens with zero attached hydrogens (tertiary/aromatic N) is 5. The Morgan fingerprint density at radius 3 is 2.29 bits per heavy atom. The van der Waals surface area contributed by atoms with Crippen molar-refractivity contribution in [3.05, 3.63) is 87.8 Å². The SMILES string of the molecule is COc1ccc(C(=O)N2CCCN(c3nc(CN4CCN(Cc5ccccc5)CC4)cc(=O)[nH]3)CC2)cc1. The van der Waals surface area contributed by atoms with Crippen molar-refractivity contribution >= 4 is 11.9 Å². The number of hydrogen-bond donors (Lipinski definition) is 1. The maximum absolute atomic E-state index is 13.0. The number of ether oxygens (including phenoxy) is 1. The van der Waals surface area contributed by atoms with E-state index in [0.29, 0.717) is 37.7 Å². The second-order valence-electron chi connectivity index (χ2n) is 9.96. The Kier molecular flexibility index (Phi) is 8.35. The van der Waals surface area contributed by atoms with Crippen molar-refractivity contribution in [2.24, 2.45) is 0 Å². The van der Waals surface area contributed by atoms with Crippen molar-refractivity contribution in [3.63, 3.8) is 0 Å².